The first-order chi connectivity index (χ1) is 12.3. The number of ether oxygens (including phenoxy) is 1. The second-order valence-electron chi connectivity index (χ2n) is 5.60. The highest BCUT2D eigenvalue weighted by Gasteiger charge is 2.13. The number of carbonyl (C=O) groups excluding carboxylic acids is 1. The highest BCUT2D eigenvalue weighted by Crippen LogP contribution is 2.16. The second kappa shape index (κ2) is 8.65. The van der Waals surface area contributed by atoms with Gasteiger partial charge in [0.2, 0.25) is 0 Å². The van der Waals surface area contributed by atoms with Crippen LogP contribution in [0.3, 0.4) is 0 Å². The lowest BCUT2D eigenvalue weighted by molar-refractivity contribution is 0.181. The molecule has 2 amide bonds. The molecule has 10 nitrogen and oxygen atoms in total. The molecule has 0 aliphatic rings. The number of methoxy groups -OCH3 is 1. The summed E-state index contributed by atoms with van der Waals surface area (Å²) in [5.74, 6) is 0. The minimum Gasteiger partial charge on any atom is -0.378 e. The van der Waals surface area contributed by atoms with Gasteiger partial charge < -0.3 is 15.4 Å². The molecule has 0 atom stereocenters. The van der Waals surface area contributed by atoms with Crippen LogP contribution < -0.4 is 15.4 Å². The third-order valence-corrected chi connectivity index (χ3v) is 4.72. The van der Waals surface area contributed by atoms with Crippen LogP contribution in [0.1, 0.15) is 11.4 Å². The van der Waals surface area contributed by atoms with Crippen molar-refractivity contribution in [2.24, 2.45) is 0 Å². The summed E-state index contributed by atoms with van der Waals surface area (Å²) in [6.07, 6.45) is 0. The van der Waals surface area contributed by atoms with Crippen molar-refractivity contribution in [2.45, 2.75) is 13.2 Å². The van der Waals surface area contributed by atoms with Crippen LogP contribution in [-0.4, -0.2) is 50.2 Å². The fraction of sp³-hybridized carbons (Fsp3) is 0.333. The molecule has 0 spiro atoms. The summed E-state index contributed by atoms with van der Waals surface area (Å²) >= 11 is 0. The van der Waals surface area contributed by atoms with E-state index in [0.29, 0.717) is 18.0 Å². The van der Waals surface area contributed by atoms with Crippen LogP contribution in [0.25, 0.3) is 0 Å². The van der Waals surface area contributed by atoms with Crippen molar-refractivity contribution < 1.29 is 17.9 Å². The van der Waals surface area contributed by atoms with Crippen LogP contribution in [-0.2, 0) is 28.1 Å². The molecular weight excluding hydrogens is 360 g/mol. The number of rotatable bonds is 8. The number of nitrogens with zero attached hydrogens (tertiary/aromatic N) is 2. The van der Waals surface area contributed by atoms with Gasteiger partial charge in [-0.3, -0.25) is 9.82 Å². The number of aromatic nitrogens is 2. The Hall–Kier alpha value is -2.63. The van der Waals surface area contributed by atoms with E-state index in [-0.39, 0.29) is 6.54 Å². The molecule has 0 saturated carbocycles. The van der Waals surface area contributed by atoms with Crippen LogP contribution in [0, 0.1) is 0 Å². The third-order valence-electron chi connectivity index (χ3n) is 3.26. The van der Waals surface area contributed by atoms with Crippen molar-refractivity contribution in [3.05, 3.63) is 41.7 Å². The smallest absolute Gasteiger partial charge is 0.319 e. The maximum Gasteiger partial charge on any atom is 0.319 e. The molecule has 2 aromatic rings. The lowest BCUT2D eigenvalue weighted by Crippen LogP contribution is -2.29. The molecule has 0 aliphatic heterocycles. The van der Waals surface area contributed by atoms with Gasteiger partial charge in [0.05, 0.1) is 30.2 Å². The van der Waals surface area contributed by atoms with E-state index in [1.807, 2.05) is 0 Å². The van der Waals surface area contributed by atoms with Crippen LogP contribution in [0.4, 0.5) is 16.2 Å². The van der Waals surface area contributed by atoms with Crippen molar-refractivity contribution in [3.8, 4) is 0 Å². The fourth-order valence-corrected chi connectivity index (χ4v) is 2.58. The van der Waals surface area contributed by atoms with E-state index in [1.165, 1.54) is 20.2 Å². The van der Waals surface area contributed by atoms with Gasteiger partial charge in [-0.2, -0.15) is 17.8 Å². The zero-order valence-corrected chi connectivity index (χ0v) is 15.6. The summed E-state index contributed by atoms with van der Waals surface area (Å²) in [6, 6.07) is 7.76. The van der Waals surface area contributed by atoms with Crippen molar-refractivity contribution in [3.63, 3.8) is 0 Å². The maximum atomic E-state index is 12.0. The summed E-state index contributed by atoms with van der Waals surface area (Å²) in [4.78, 5) is 12.0. The van der Waals surface area contributed by atoms with Crippen LogP contribution in [0.5, 0.6) is 0 Å². The lowest BCUT2D eigenvalue weighted by Gasteiger charge is -2.14. The molecule has 0 unspecified atom stereocenters. The number of urea groups is 1. The van der Waals surface area contributed by atoms with E-state index in [1.54, 1.807) is 31.4 Å². The van der Waals surface area contributed by atoms with Gasteiger partial charge in [-0.1, -0.05) is 6.07 Å². The van der Waals surface area contributed by atoms with Gasteiger partial charge in [-0.05, 0) is 24.3 Å². The third kappa shape index (κ3) is 5.72. The monoisotopic (exact) mass is 382 g/mol. The van der Waals surface area contributed by atoms with Crippen LogP contribution >= 0.6 is 0 Å². The van der Waals surface area contributed by atoms with E-state index < -0.39 is 16.2 Å². The zero-order valence-electron chi connectivity index (χ0n) is 14.7. The molecule has 142 valence electrons. The molecule has 2 rings (SSSR count). The molecule has 0 radical (unpaired) electrons. The number of carbonyl (C=O) groups is 1. The summed E-state index contributed by atoms with van der Waals surface area (Å²) < 4.78 is 32.1. The van der Waals surface area contributed by atoms with Gasteiger partial charge in [-0.25, -0.2) is 4.79 Å². The number of hydrogen-bond acceptors (Lipinski definition) is 5. The molecule has 0 fully saturated rings. The number of aromatic amines is 1. The molecule has 11 heteroatoms. The number of H-pyrrole nitrogens is 1. The summed E-state index contributed by atoms with van der Waals surface area (Å²) in [7, 11) is 0.809. The summed E-state index contributed by atoms with van der Waals surface area (Å²) in [6.45, 7) is 0.647. The number of nitrogens with one attached hydrogen (secondary N) is 4. The number of anilines is 2. The first-order valence-electron chi connectivity index (χ1n) is 7.67. The van der Waals surface area contributed by atoms with Gasteiger partial charge in [0.1, 0.15) is 0 Å². The lowest BCUT2D eigenvalue weighted by atomic mass is 10.3. The van der Waals surface area contributed by atoms with Crippen molar-refractivity contribution in [1.82, 2.24) is 19.8 Å². The average Bonchev–Trinajstić information content (AvgIpc) is 3.01. The largest absolute Gasteiger partial charge is 0.378 e. The van der Waals surface area contributed by atoms with Crippen LogP contribution in [0.2, 0.25) is 0 Å². The Bertz CT molecular complexity index is 849. The zero-order chi connectivity index (χ0) is 19.2. The molecule has 0 saturated heterocycles. The Morgan fingerprint density at radius 1 is 1.27 bits per heavy atom. The number of hydrogen-bond donors (Lipinski definition) is 4. The molecule has 1 aromatic heterocycles. The predicted molar refractivity (Wildman–Crippen MR) is 97.8 cm³/mol. The van der Waals surface area contributed by atoms with E-state index in [4.69, 9.17) is 4.74 Å². The molecule has 0 bridgehead atoms. The van der Waals surface area contributed by atoms with Crippen LogP contribution in [0.15, 0.2) is 30.3 Å². The minimum absolute atomic E-state index is 0.259. The van der Waals surface area contributed by atoms with E-state index in [2.05, 4.69) is 25.6 Å². The summed E-state index contributed by atoms with van der Waals surface area (Å²) in [5.41, 5.74) is 2.27. The Morgan fingerprint density at radius 2 is 2.00 bits per heavy atom. The van der Waals surface area contributed by atoms with Crippen molar-refractivity contribution >= 4 is 27.6 Å². The van der Waals surface area contributed by atoms with Crippen molar-refractivity contribution in [1.29, 1.82) is 0 Å². The molecule has 1 aromatic carbocycles. The highest BCUT2D eigenvalue weighted by atomic mass is 32.2. The predicted octanol–water partition coefficient (Wildman–Crippen LogP) is 1.10. The Labute approximate surface area is 152 Å². The van der Waals surface area contributed by atoms with Gasteiger partial charge in [-0.15, -0.1) is 0 Å². The SMILES string of the molecule is COCc1cc(CNC(=O)Nc2cccc(NS(=O)(=O)N(C)C)c2)[nH]n1. The standard InChI is InChI=1S/C15H22N6O4S/c1-21(2)26(23,24)20-12-6-4-5-11(7-12)17-15(22)16-9-13-8-14(10-25-3)19-18-13/h4-8,20H,9-10H2,1-3H3,(H,18,19)(H2,16,17,22). The second-order valence-corrected chi connectivity index (χ2v) is 7.48. The van der Waals surface area contributed by atoms with Gasteiger partial charge >= 0.3 is 16.2 Å². The van der Waals surface area contributed by atoms with E-state index >= 15 is 0 Å². The molecule has 1 heterocycles. The quantitative estimate of drug-likeness (QED) is 0.543. The Morgan fingerprint density at radius 3 is 2.69 bits per heavy atom. The fourth-order valence-electron chi connectivity index (χ4n) is 1.97. The van der Waals surface area contributed by atoms with E-state index in [0.717, 1.165) is 15.7 Å². The Balaban J connectivity index is 1.91. The highest BCUT2D eigenvalue weighted by molar-refractivity contribution is 7.90. The Kier molecular flexibility index (Phi) is 6.55. The normalized spacial score (nSPS) is 11.4. The number of amides is 2. The minimum atomic E-state index is -3.61. The summed E-state index contributed by atoms with van der Waals surface area (Å²) in [5, 5.41) is 12.2. The topological polar surface area (TPSA) is 128 Å². The van der Waals surface area contributed by atoms with Crippen molar-refractivity contribution in [2.75, 3.05) is 31.2 Å². The van der Waals surface area contributed by atoms with Gasteiger partial charge in [0, 0.05) is 26.9 Å². The molecule has 0 aliphatic carbocycles. The van der Waals surface area contributed by atoms with E-state index in [9.17, 15) is 13.2 Å². The first kappa shape index (κ1) is 19.7. The average molecular weight is 382 g/mol. The molecule has 4 N–H and O–H groups in total. The molecule has 26 heavy (non-hydrogen) atoms. The molecular formula is C15H22N6O4S. The van der Waals surface area contributed by atoms with Gasteiger partial charge in [0.15, 0.2) is 0 Å². The first-order valence-corrected chi connectivity index (χ1v) is 9.11. The van der Waals surface area contributed by atoms with Gasteiger partial charge in [0.25, 0.3) is 0 Å². The number of benzene rings is 1. The maximum absolute atomic E-state index is 12.0.